The molecule has 0 aromatic heterocycles. The van der Waals surface area contributed by atoms with Crippen LogP contribution in [0.25, 0.3) is 0 Å². The van der Waals surface area contributed by atoms with E-state index in [1.54, 1.807) is 0 Å². The molecule has 0 aliphatic carbocycles. The number of hydrogen-bond donors (Lipinski definition) is 1. The molecule has 0 aromatic carbocycles. The summed E-state index contributed by atoms with van der Waals surface area (Å²) in [5.74, 6) is 1.07. The van der Waals surface area contributed by atoms with Gasteiger partial charge < -0.3 is 14.8 Å². The van der Waals surface area contributed by atoms with E-state index in [2.05, 4.69) is 32.2 Å². The molecule has 0 saturated carbocycles. The Labute approximate surface area is 99.2 Å². The van der Waals surface area contributed by atoms with Crippen LogP contribution in [0.1, 0.15) is 40.0 Å². The molecule has 1 rings (SSSR count). The van der Waals surface area contributed by atoms with Crippen molar-refractivity contribution < 1.29 is 9.47 Å². The van der Waals surface area contributed by atoms with Crippen molar-refractivity contribution in [2.75, 3.05) is 19.8 Å². The molecule has 1 atom stereocenters. The predicted octanol–water partition coefficient (Wildman–Crippen LogP) is 2.47. The third kappa shape index (κ3) is 4.99. The van der Waals surface area contributed by atoms with Gasteiger partial charge in [0.25, 0.3) is 0 Å². The van der Waals surface area contributed by atoms with Crippen LogP contribution < -0.4 is 5.32 Å². The van der Waals surface area contributed by atoms with Gasteiger partial charge in [0.1, 0.15) is 5.76 Å². The van der Waals surface area contributed by atoms with Crippen molar-refractivity contribution >= 4 is 0 Å². The smallest absolute Gasteiger partial charge is 0.111 e. The predicted molar refractivity (Wildman–Crippen MR) is 66.4 cm³/mol. The van der Waals surface area contributed by atoms with Crippen molar-refractivity contribution in [1.82, 2.24) is 5.32 Å². The molecule has 0 amide bonds. The Bertz CT molecular complexity index is 214. The molecule has 3 heteroatoms. The van der Waals surface area contributed by atoms with Gasteiger partial charge in [0, 0.05) is 0 Å². The molecule has 94 valence electrons. The Morgan fingerprint density at radius 2 is 2.31 bits per heavy atom. The zero-order chi connectivity index (χ0) is 11.8. The number of ether oxygens (including phenoxy) is 2. The molecule has 1 N–H and O–H groups in total. The highest BCUT2D eigenvalue weighted by atomic mass is 16.5. The molecule has 0 spiro atoms. The first-order chi connectivity index (χ1) is 7.74. The summed E-state index contributed by atoms with van der Waals surface area (Å²) in [4.78, 5) is 0. The second-order valence-electron chi connectivity index (χ2n) is 4.49. The van der Waals surface area contributed by atoms with Crippen LogP contribution in [0, 0.1) is 0 Å². The molecule has 0 bridgehead atoms. The highest BCUT2D eigenvalue weighted by Gasteiger charge is 2.17. The Morgan fingerprint density at radius 3 is 2.88 bits per heavy atom. The highest BCUT2D eigenvalue weighted by Crippen LogP contribution is 2.14. The van der Waals surface area contributed by atoms with Gasteiger partial charge in [-0.1, -0.05) is 6.92 Å². The van der Waals surface area contributed by atoms with Crippen LogP contribution in [0.5, 0.6) is 0 Å². The van der Waals surface area contributed by atoms with Gasteiger partial charge in [0.15, 0.2) is 0 Å². The van der Waals surface area contributed by atoms with E-state index in [9.17, 15) is 0 Å². The van der Waals surface area contributed by atoms with E-state index < -0.39 is 0 Å². The van der Waals surface area contributed by atoms with E-state index in [1.807, 2.05) is 0 Å². The maximum absolute atomic E-state index is 5.69. The van der Waals surface area contributed by atoms with Crippen LogP contribution >= 0.6 is 0 Å². The van der Waals surface area contributed by atoms with Gasteiger partial charge in [-0.25, -0.2) is 0 Å². The summed E-state index contributed by atoms with van der Waals surface area (Å²) < 4.78 is 11.4. The Morgan fingerprint density at radius 1 is 1.50 bits per heavy atom. The fourth-order valence-electron chi connectivity index (χ4n) is 1.67. The van der Waals surface area contributed by atoms with E-state index in [4.69, 9.17) is 9.47 Å². The molecule has 1 heterocycles. The molecule has 0 saturated heterocycles. The molecule has 1 unspecified atom stereocenters. The average Bonchev–Trinajstić information content (AvgIpc) is 2.30. The molecule has 1 aliphatic heterocycles. The van der Waals surface area contributed by atoms with Gasteiger partial charge in [0.05, 0.1) is 25.4 Å². The Balaban J connectivity index is 2.44. The largest absolute Gasteiger partial charge is 0.497 e. The second-order valence-corrected chi connectivity index (χ2v) is 4.49. The van der Waals surface area contributed by atoms with Gasteiger partial charge in [-0.05, 0) is 45.7 Å². The summed E-state index contributed by atoms with van der Waals surface area (Å²) in [7, 11) is 0. The molecular weight excluding hydrogens is 202 g/mol. The lowest BCUT2D eigenvalue weighted by atomic mass is 10.1. The molecule has 0 aromatic rings. The van der Waals surface area contributed by atoms with Crippen molar-refractivity contribution in [3.05, 3.63) is 11.8 Å². The number of rotatable bonds is 7. The minimum atomic E-state index is 0.225. The van der Waals surface area contributed by atoms with Gasteiger partial charge in [0.2, 0.25) is 0 Å². The number of nitrogens with one attached hydrogen (secondary N) is 1. The number of hydrogen-bond acceptors (Lipinski definition) is 3. The van der Waals surface area contributed by atoms with Crippen molar-refractivity contribution in [2.24, 2.45) is 0 Å². The fraction of sp³-hybridized carbons (Fsp3) is 0.846. The first kappa shape index (κ1) is 13.5. The maximum Gasteiger partial charge on any atom is 0.111 e. The van der Waals surface area contributed by atoms with Crippen LogP contribution in [0.3, 0.4) is 0 Å². The zero-order valence-corrected chi connectivity index (χ0v) is 10.8. The lowest BCUT2D eigenvalue weighted by Gasteiger charge is -2.25. The summed E-state index contributed by atoms with van der Waals surface area (Å²) in [6.07, 6.45) is 5.86. The minimum absolute atomic E-state index is 0.225. The highest BCUT2D eigenvalue weighted by molar-refractivity contribution is 5.05. The molecule has 1 aliphatic rings. The summed E-state index contributed by atoms with van der Waals surface area (Å²) in [5, 5.41) is 3.48. The second kappa shape index (κ2) is 7.69. The Kier molecular flexibility index (Phi) is 6.50. The molecule has 16 heavy (non-hydrogen) atoms. The monoisotopic (exact) mass is 227 g/mol. The maximum atomic E-state index is 5.69. The summed E-state index contributed by atoms with van der Waals surface area (Å²) >= 11 is 0. The van der Waals surface area contributed by atoms with Crippen molar-refractivity contribution in [3.8, 4) is 0 Å². The van der Waals surface area contributed by atoms with E-state index >= 15 is 0 Å². The third-order valence-corrected chi connectivity index (χ3v) is 2.54. The van der Waals surface area contributed by atoms with Crippen LogP contribution in [-0.4, -0.2) is 31.9 Å². The van der Waals surface area contributed by atoms with Gasteiger partial charge in [-0.2, -0.15) is 0 Å². The van der Waals surface area contributed by atoms with Crippen LogP contribution in [-0.2, 0) is 9.47 Å². The van der Waals surface area contributed by atoms with Crippen LogP contribution in [0.2, 0.25) is 0 Å². The molecular formula is C13H25NO2. The lowest BCUT2D eigenvalue weighted by Crippen LogP contribution is -2.38. The topological polar surface area (TPSA) is 30.5 Å². The van der Waals surface area contributed by atoms with Crippen LogP contribution in [0.4, 0.5) is 0 Å². The quantitative estimate of drug-likeness (QED) is 0.725. The normalized spacial score (nSPS) is 18.1. The minimum Gasteiger partial charge on any atom is -0.497 e. The van der Waals surface area contributed by atoms with Crippen molar-refractivity contribution in [3.63, 3.8) is 0 Å². The van der Waals surface area contributed by atoms with Gasteiger partial charge >= 0.3 is 0 Å². The van der Waals surface area contributed by atoms with E-state index in [1.165, 1.54) is 0 Å². The lowest BCUT2D eigenvalue weighted by molar-refractivity contribution is 0.0501. The first-order valence-electron chi connectivity index (χ1n) is 6.42. The van der Waals surface area contributed by atoms with Crippen LogP contribution in [0.15, 0.2) is 11.8 Å². The Hall–Kier alpha value is -0.540. The standard InChI is InChI=1S/C13H25NO2/c1-4-8-14-12(10-16-11(2)3)13-7-5-6-9-15-13/h7,11-12,14H,4-6,8-10H2,1-3H3. The van der Waals surface area contributed by atoms with E-state index in [-0.39, 0.29) is 12.1 Å². The summed E-state index contributed by atoms with van der Waals surface area (Å²) in [6.45, 7) is 8.84. The fourth-order valence-corrected chi connectivity index (χ4v) is 1.67. The van der Waals surface area contributed by atoms with Crippen molar-refractivity contribution in [1.29, 1.82) is 0 Å². The zero-order valence-electron chi connectivity index (χ0n) is 10.8. The SMILES string of the molecule is CCCNC(COC(C)C)C1=CCCCO1. The summed E-state index contributed by atoms with van der Waals surface area (Å²) in [6, 6.07) is 0.225. The average molecular weight is 227 g/mol. The first-order valence-corrected chi connectivity index (χ1v) is 6.42. The van der Waals surface area contributed by atoms with Gasteiger partial charge in [-0.15, -0.1) is 0 Å². The summed E-state index contributed by atoms with van der Waals surface area (Å²) in [5.41, 5.74) is 0. The van der Waals surface area contributed by atoms with Gasteiger partial charge in [-0.3, -0.25) is 0 Å². The molecule has 0 radical (unpaired) electrons. The van der Waals surface area contributed by atoms with E-state index in [0.29, 0.717) is 6.61 Å². The number of allylic oxidation sites excluding steroid dienone is 1. The van der Waals surface area contributed by atoms with Crippen molar-refractivity contribution in [2.45, 2.75) is 52.2 Å². The third-order valence-electron chi connectivity index (χ3n) is 2.54. The molecule has 0 fully saturated rings. The van der Waals surface area contributed by atoms with E-state index in [0.717, 1.165) is 38.2 Å². The molecule has 3 nitrogen and oxygen atoms in total.